The second-order valence-electron chi connectivity index (χ2n) is 13.1. The van der Waals surface area contributed by atoms with Gasteiger partial charge in [-0.3, -0.25) is 44.2 Å². The van der Waals surface area contributed by atoms with Crippen molar-refractivity contribution in [3.63, 3.8) is 0 Å². The fourth-order valence-corrected chi connectivity index (χ4v) is 6.31. The molecule has 1 saturated heterocycles. The average molecular weight is 734 g/mol. The summed E-state index contributed by atoms with van der Waals surface area (Å²) in [4.78, 5) is 83.0. The Morgan fingerprint density at radius 1 is 0.891 bits per heavy atom. The van der Waals surface area contributed by atoms with Gasteiger partial charge >= 0.3 is 0 Å². The fraction of sp³-hybridized carbons (Fsp3) is 0.195. The Kier molecular flexibility index (Phi) is 10.1. The Labute approximate surface area is 315 Å². The van der Waals surface area contributed by atoms with Crippen LogP contribution in [-0.2, 0) is 9.59 Å². The highest BCUT2D eigenvalue weighted by atomic mass is 16.2. The van der Waals surface area contributed by atoms with Gasteiger partial charge < -0.3 is 20.9 Å². The van der Waals surface area contributed by atoms with Gasteiger partial charge in [-0.05, 0) is 60.0 Å². The molecular weight excluding hydrogens is 699 g/mol. The van der Waals surface area contributed by atoms with Crippen molar-refractivity contribution >= 4 is 51.2 Å². The zero-order chi connectivity index (χ0) is 38.6. The van der Waals surface area contributed by atoms with Crippen molar-refractivity contribution in [2.45, 2.75) is 38.6 Å². The number of aromatic amines is 1. The van der Waals surface area contributed by atoms with Crippen LogP contribution in [-0.4, -0.2) is 74.1 Å². The Hall–Kier alpha value is -7.27. The number of carbonyl (C=O) groups is 5. The molecule has 6 heterocycles. The third-order valence-electron chi connectivity index (χ3n) is 9.13. The van der Waals surface area contributed by atoms with Gasteiger partial charge in [0.15, 0.2) is 0 Å². The average Bonchev–Trinajstić information content (AvgIpc) is 3.63. The molecule has 1 atom stereocenters. The lowest BCUT2D eigenvalue weighted by Gasteiger charge is -2.21. The normalized spacial score (nSPS) is 13.9. The molecule has 1 aromatic carbocycles. The molecule has 5 N–H and O–H groups in total. The van der Waals surface area contributed by atoms with Crippen molar-refractivity contribution in [2.75, 3.05) is 13.6 Å². The van der Waals surface area contributed by atoms with E-state index in [4.69, 9.17) is 9.97 Å². The first-order valence-corrected chi connectivity index (χ1v) is 17.6. The van der Waals surface area contributed by atoms with E-state index in [0.717, 1.165) is 44.2 Å². The third-order valence-corrected chi connectivity index (χ3v) is 9.13. The molecule has 1 unspecified atom stereocenters. The van der Waals surface area contributed by atoms with Crippen molar-refractivity contribution in [1.29, 1.82) is 0 Å². The molecule has 274 valence electrons. The Balaban J connectivity index is 1.02. The first-order valence-electron chi connectivity index (χ1n) is 17.6. The molecule has 0 aliphatic carbocycles. The molecule has 5 amide bonds. The van der Waals surface area contributed by atoms with Crippen molar-refractivity contribution in [2.24, 2.45) is 0 Å². The van der Waals surface area contributed by atoms with Gasteiger partial charge in [0.2, 0.25) is 11.8 Å². The standard InChI is InChI=1S/C41H35N9O5/c1-22(2)36-37-27(29(21-46-37)38(52)42-3)18-34(48-36)26-10-4-7-23-17-33(45-20-28(23)26)24-12-13-30(44-19-24)39(53)43-16-6-9-25-8-5-11-31(47-25)40(54)49-32-14-15-35(51)50-41(32)55/h4-5,7-8,10-13,17-22,32,46H,14-16H2,1-3H3,(H,42,52)(H,43,53)(H,49,54)(H,50,51,55). The highest BCUT2D eigenvalue weighted by Crippen LogP contribution is 2.34. The molecule has 7 rings (SSSR count). The molecule has 6 aromatic rings. The lowest BCUT2D eigenvalue weighted by atomic mass is 9.98. The van der Waals surface area contributed by atoms with Crippen LogP contribution in [0, 0.1) is 11.8 Å². The molecule has 0 saturated carbocycles. The number of hydrogen-bond donors (Lipinski definition) is 5. The zero-order valence-corrected chi connectivity index (χ0v) is 30.1. The van der Waals surface area contributed by atoms with Crippen molar-refractivity contribution < 1.29 is 24.0 Å². The van der Waals surface area contributed by atoms with Crippen LogP contribution >= 0.6 is 0 Å². The maximum atomic E-state index is 12.8. The van der Waals surface area contributed by atoms with Crippen LogP contribution in [0.4, 0.5) is 0 Å². The number of fused-ring (bicyclic) bond motifs is 2. The van der Waals surface area contributed by atoms with Crippen LogP contribution in [0.1, 0.15) is 75.3 Å². The molecule has 0 radical (unpaired) electrons. The molecule has 1 fully saturated rings. The minimum Gasteiger partial charge on any atom is -0.359 e. The summed E-state index contributed by atoms with van der Waals surface area (Å²) in [6, 6.07) is 17.1. The van der Waals surface area contributed by atoms with E-state index in [1.165, 1.54) is 6.07 Å². The monoisotopic (exact) mass is 733 g/mol. The van der Waals surface area contributed by atoms with Gasteiger partial charge in [0, 0.05) is 54.0 Å². The number of hydrogen-bond acceptors (Lipinski definition) is 9. The Morgan fingerprint density at radius 3 is 2.49 bits per heavy atom. The maximum Gasteiger partial charge on any atom is 0.270 e. The number of nitrogens with zero attached hydrogens (tertiary/aromatic N) is 4. The van der Waals surface area contributed by atoms with Gasteiger partial charge in [0.05, 0.1) is 34.7 Å². The van der Waals surface area contributed by atoms with Gasteiger partial charge in [-0.25, -0.2) is 4.98 Å². The second kappa shape index (κ2) is 15.4. The highest BCUT2D eigenvalue weighted by Gasteiger charge is 2.28. The van der Waals surface area contributed by atoms with Crippen molar-refractivity contribution in [1.82, 2.24) is 46.2 Å². The van der Waals surface area contributed by atoms with Crippen molar-refractivity contribution in [3.8, 4) is 34.4 Å². The summed E-state index contributed by atoms with van der Waals surface area (Å²) in [5.41, 5.74) is 5.84. The molecule has 14 heteroatoms. The molecule has 0 spiro atoms. The highest BCUT2D eigenvalue weighted by molar-refractivity contribution is 6.09. The molecular formula is C41H35N9O5. The zero-order valence-electron chi connectivity index (χ0n) is 30.1. The first kappa shape index (κ1) is 36.1. The number of pyridine rings is 4. The summed E-state index contributed by atoms with van der Waals surface area (Å²) in [6.07, 6.45) is 5.45. The number of H-pyrrole nitrogens is 1. The summed E-state index contributed by atoms with van der Waals surface area (Å²) < 4.78 is 0. The molecule has 1 aliphatic rings. The Bertz CT molecular complexity index is 2590. The van der Waals surface area contributed by atoms with E-state index in [9.17, 15) is 24.0 Å². The molecule has 1 aliphatic heterocycles. The topological polar surface area (TPSA) is 201 Å². The SMILES string of the molecule is CNC(=O)c1c[nH]c2c(C(C)C)nc(-c3cccc4cc(-c5ccc(C(=O)NCC#Cc6cccc(C(=O)NC7CCC(=O)NC7=O)n6)nc5)ncc34)cc12. The van der Waals surface area contributed by atoms with Crippen LogP contribution in [0.5, 0.6) is 0 Å². The minimum atomic E-state index is -0.822. The number of piperidine rings is 1. The van der Waals surface area contributed by atoms with Crippen molar-refractivity contribution in [3.05, 3.63) is 108 Å². The van der Waals surface area contributed by atoms with Gasteiger partial charge in [-0.1, -0.05) is 44.0 Å². The quantitative estimate of drug-likeness (QED) is 0.113. The van der Waals surface area contributed by atoms with E-state index < -0.39 is 23.8 Å². The summed E-state index contributed by atoms with van der Waals surface area (Å²) in [5.74, 6) is 3.66. The largest absolute Gasteiger partial charge is 0.359 e. The first-order chi connectivity index (χ1) is 26.6. The van der Waals surface area contributed by atoms with Crippen LogP contribution < -0.4 is 21.3 Å². The van der Waals surface area contributed by atoms with E-state index in [-0.39, 0.29) is 48.5 Å². The number of rotatable bonds is 8. The van der Waals surface area contributed by atoms with Gasteiger partial charge in [-0.15, -0.1) is 0 Å². The molecule has 0 bridgehead atoms. The molecule has 5 aromatic heterocycles. The van der Waals surface area contributed by atoms with Gasteiger partial charge in [0.25, 0.3) is 17.7 Å². The number of carbonyl (C=O) groups excluding carboxylic acids is 5. The lowest BCUT2D eigenvalue weighted by molar-refractivity contribution is -0.134. The third kappa shape index (κ3) is 7.63. The summed E-state index contributed by atoms with van der Waals surface area (Å²) in [5, 5.41) is 12.8. The van der Waals surface area contributed by atoms with E-state index in [1.54, 1.807) is 49.9 Å². The number of nitrogens with one attached hydrogen (secondary N) is 5. The fourth-order valence-electron chi connectivity index (χ4n) is 6.31. The molecule has 55 heavy (non-hydrogen) atoms. The number of imide groups is 1. The predicted molar refractivity (Wildman–Crippen MR) is 205 cm³/mol. The minimum absolute atomic E-state index is 0.00283. The predicted octanol–water partition coefficient (Wildman–Crippen LogP) is 4.03. The number of benzene rings is 1. The molecule has 14 nitrogen and oxygen atoms in total. The van der Waals surface area contributed by atoms with E-state index in [2.05, 4.69) is 61.9 Å². The number of aromatic nitrogens is 5. The van der Waals surface area contributed by atoms with E-state index in [0.29, 0.717) is 17.0 Å². The van der Waals surface area contributed by atoms with Crippen LogP contribution in [0.15, 0.2) is 79.3 Å². The van der Waals surface area contributed by atoms with E-state index >= 15 is 0 Å². The summed E-state index contributed by atoms with van der Waals surface area (Å²) in [7, 11) is 1.61. The van der Waals surface area contributed by atoms with Gasteiger partial charge in [-0.2, -0.15) is 0 Å². The number of amides is 5. The second-order valence-corrected chi connectivity index (χ2v) is 13.1. The Morgan fingerprint density at radius 2 is 1.73 bits per heavy atom. The van der Waals surface area contributed by atoms with Crippen LogP contribution in [0.25, 0.3) is 44.2 Å². The maximum absolute atomic E-state index is 12.8. The van der Waals surface area contributed by atoms with Crippen LogP contribution in [0.3, 0.4) is 0 Å². The smallest absolute Gasteiger partial charge is 0.270 e. The lowest BCUT2D eigenvalue weighted by Crippen LogP contribution is -2.52. The van der Waals surface area contributed by atoms with Gasteiger partial charge in [0.1, 0.15) is 23.1 Å². The summed E-state index contributed by atoms with van der Waals surface area (Å²) in [6.45, 7) is 4.14. The van der Waals surface area contributed by atoms with E-state index in [1.807, 2.05) is 30.3 Å². The summed E-state index contributed by atoms with van der Waals surface area (Å²) >= 11 is 0. The van der Waals surface area contributed by atoms with Crippen LogP contribution in [0.2, 0.25) is 0 Å².